The summed E-state index contributed by atoms with van der Waals surface area (Å²) in [5, 5.41) is 3.46. The molecule has 3 aromatic rings. The Morgan fingerprint density at radius 2 is 2.04 bits per heavy atom. The van der Waals surface area contributed by atoms with Crippen LogP contribution in [0.25, 0.3) is 10.2 Å². The molecule has 0 saturated heterocycles. The number of benzene rings is 1. The number of hydrogen-bond donors (Lipinski definition) is 2. The first-order valence-corrected chi connectivity index (χ1v) is 9.19. The van der Waals surface area contributed by atoms with Gasteiger partial charge in [0.1, 0.15) is 5.69 Å². The Bertz CT molecular complexity index is 1030. The average molecular weight is 353 g/mol. The zero-order valence-corrected chi connectivity index (χ0v) is 15.3. The Morgan fingerprint density at radius 3 is 2.80 bits per heavy atom. The van der Waals surface area contributed by atoms with Gasteiger partial charge in [-0.05, 0) is 56.4 Å². The first-order valence-electron chi connectivity index (χ1n) is 8.38. The van der Waals surface area contributed by atoms with Gasteiger partial charge in [0.15, 0.2) is 10.9 Å². The van der Waals surface area contributed by atoms with Crippen molar-refractivity contribution in [2.24, 2.45) is 0 Å². The minimum Gasteiger partial charge on any atom is -0.354 e. The molecular formula is C19H19N3O2S. The second-order valence-corrected chi connectivity index (χ2v) is 7.69. The number of thiazole rings is 1. The Morgan fingerprint density at radius 1 is 1.24 bits per heavy atom. The van der Waals surface area contributed by atoms with E-state index in [2.05, 4.69) is 27.4 Å². The monoisotopic (exact) mass is 353 g/mol. The molecule has 25 heavy (non-hydrogen) atoms. The number of nitrogens with one attached hydrogen (secondary N) is 2. The van der Waals surface area contributed by atoms with E-state index in [0.29, 0.717) is 22.8 Å². The number of aromatic nitrogens is 2. The van der Waals surface area contributed by atoms with Crippen LogP contribution in [0.1, 0.15) is 56.1 Å². The van der Waals surface area contributed by atoms with Crippen molar-refractivity contribution in [3.63, 3.8) is 0 Å². The van der Waals surface area contributed by atoms with Crippen LogP contribution in [0.15, 0.2) is 12.1 Å². The molecule has 0 atom stereocenters. The first-order chi connectivity index (χ1) is 11.9. The van der Waals surface area contributed by atoms with Crippen LogP contribution in [-0.2, 0) is 6.42 Å². The lowest BCUT2D eigenvalue weighted by Gasteiger charge is -2.09. The van der Waals surface area contributed by atoms with E-state index in [9.17, 15) is 9.59 Å². The number of carbonyl (C=O) groups is 2. The van der Waals surface area contributed by atoms with Gasteiger partial charge in [-0.2, -0.15) is 0 Å². The summed E-state index contributed by atoms with van der Waals surface area (Å²) in [4.78, 5) is 32.5. The number of rotatable bonds is 2. The summed E-state index contributed by atoms with van der Waals surface area (Å²) in [6.45, 7) is 5.91. The van der Waals surface area contributed by atoms with Gasteiger partial charge in [0.2, 0.25) is 0 Å². The maximum atomic E-state index is 12.7. The number of ketones is 1. The number of H-pyrrole nitrogens is 1. The van der Waals surface area contributed by atoms with Gasteiger partial charge in [0.25, 0.3) is 5.91 Å². The van der Waals surface area contributed by atoms with Gasteiger partial charge >= 0.3 is 0 Å². The van der Waals surface area contributed by atoms with E-state index in [1.807, 2.05) is 20.8 Å². The fraction of sp³-hybridized carbons (Fsp3) is 0.316. The lowest BCUT2D eigenvalue weighted by Crippen LogP contribution is -2.13. The van der Waals surface area contributed by atoms with Crippen LogP contribution in [-0.4, -0.2) is 21.7 Å². The zero-order valence-electron chi connectivity index (χ0n) is 14.4. The molecule has 128 valence electrons. The summed E-state index contributed by atoms with van der Waals surface area (Å²) >= 11 is 1.47. The van der Waals surface area contributed by atoms with Gasteiger partial charge in [0, 0.05) is 17.7 Å². The average Bonchev–Trinajstić information content (AvgIpc) is 3.09. The van der Waals surface area contributed by atoms with Crippen molar-refractivity contribution in [2.45, 2.75) is 40.0 Å². The molecule has 2 N–H and O–H groups in total. The minimum atomic E-state index is -0.242. The number of fused-ring (bicyclic) bond motifs is 2. The quantitative estimate of drug-likeness (QED) is 0.720. The molecule has 0 fully saturated rings. The maximum absolute atomic E-state index is 12.7. The van der Waals surface area contributed by atoms with E-state index in [1.54, 1.807) is 0 Å². The van der Waals surface area contributed by atoms with E-state index < -0.39 is 0 Å². The highest BCUT2D eigenvalue weighted by molar-refractivity contribution is 7.22. The van der Waals surface area contributed by atoms with Crippen molar-refractivity contribution < 1.29 is 9.59 Å². The molecule has 1 amide bonds. The third-order valence-electron chi connectivity index (χ3n) is 4.71. The molecule has 1 aliphatic carbocycles. The van der Waals surface area contributed by atoms with Crippen LogP contribution >= 0.6 is 11.3 Å². The van der Waals surface area contributed by atoms with Gasteiger partial charge in [-0.1, -0.05) is 17.4 Å². The largest absolute Gasteiger partial charge is 0.354 e. The molecule has 5 nitrogen and oxygen atoms in total. The predicted octanol–water partition coefficient (Wildman–Crippen LogP) is 4.32. The van der Waals surface area contributed by atoms with E-state index in [4.69, 9.17) is 0 Å². The Balaban J connectivity index is 1.67. The summed E-state index contributed by atoms with van der Waals surface area (Å²) in [6.07, 6.45) is 2.21. The number of aromatic amines is 1. The zero-order chi connectivity index (χ0) is 17.7. The number of amides is 1. The van der Waals surface area contributed by atoms with E-state index >= 15 is 0 Å². The highest BCUT2D eigenvalue weighted by atomic mass is 32.1. The molecule has 1 aromatic carbocycles. The molecule has 6 heteroatoms. The summed E-state index contributed by atoms with van der Waals surface area (Å²) in [5.41, 5.74) is 5.99. The SMILES string of the molecule is Cc1cc(C)c2nc(NC(=O)c3[nH]c4c(c3C)C(=O)CCC4)sc2c1. The first kappa shape index (κ1) is 16.0. The number of aryl methyl sites for hydroxylation is 3. The normalized spacial score (nSPS) is 14.0. The molecule has 0 bridgehead atoms. The van der Waals surface area contributed by atoms with Crippen molar-refractivity contribution in [3.8, 4) is 0 Å². The standard InChI is InChI=1S/C19H19N3O2S/c1-9-7-10(2)16-14(8-9)25-19(21-16)22-18(24)17-11(3)15-12(20-17)5-4-6-13(15)23/h7-8,20H,4-6H2,1-3H3,(H,21,22,24). The smallest absolute Gasteiger partial charge is 0.274 e. The van der Waals surface area contributed by atoms with Crippen molar-refractivity contribution in [1.29, 1.82) is 0 Å². The molecule has 1 aliphatic rings. The van der Waals surface area contributed by atoms with Crippen molar-refractivity contribution in [1.82, 2.24) is 9.97 Å². The number of carbonyl (C=O) groups excluding carboxylic acids is 2. The Hall–Kier alpha value is -2.47. The molecule has 2 aromatic heterocycles. The fourth-order valence-corrected chi connectivity index (χ4v) is 4.62. The van der Waals surface area contributed by atoms with Gasteiger partial charge in [-0.3, -0.25) is 14.9 Å². The lowest BCUT2D eigenvalue weighted by atomic mass is 9.94. The summed E-state index contributed by atoms with van der Waals surface area (Å²) in [5.74, 6) is -0.117. The third kappa shape index (κ3) is 2.66. The summed E-state index contributed by atoms with van der Waals surface area (Å²) in [7, 11) is 0. The van der Waals surface area contributed by atoms with Crippen LogP contribution in [0.5, 0.6) is 0 Å². The molecule has 0 unspecified atom stereocenters. The van der Waals surface area contributed by atoms with E-state index in [0.717, 1.165) is 39.9 Å². The van der Waals surface area contributed by atoms with Gasteiger partial charge in [0.05, 0.1) is 10.2 Å². The second kappa shape index (κ2) is 5.81. The van der Waals surface area contributed by atoms with Crippen LogP contribution < -0.4 is 5.32 Å². The van der Waals surface area contributed by atoms with E-state index in [-0.39, 0.29) is 11.7 Å². The highest BCUT2D eigenvalue weighted by Crippen LogP contribution is 2.31. The Labute approximate surface area is 149 Å². The fourth-order valence-electron chi connectivity index (χ4n) is 3.58. The van der Waals surface area contributed by atoms with Gasteiger partial charge in [-0.15, -0.1) is 0 Å². The number of nitrogens with zero attached hydrogens (tertiary/aromatic N) is 1. The lowest BCUT2D eigenvalue weighted by molar-refractivity contribution is 0.0971. The topological polar surface area (TPSA) is 74.8 Å². The molecule has 0 saturated carbocycles. The van der Waals surface area contributed by atoms with Crippen molar-refractivity contribution >= 4 is 38.4 Å². The number of anilines is 1. The van der Waals surface area contributed by atoms with Crippen LogP contribution in [0.4, 0.5) is 5.13 Å². The predicted molar refractivity (Wildman–Crippen MR) is 99.8 cm³/mol. The van der Waals surface area contributed by atoms with Crippen molar-refractivity contribution in [2.75, 3.05) is 5.32 Å². The summed E-state index contributed by atoms with van der Waals surface area (Å²) < 4.78 is 1.06. The van der Waals surface area contributed by atoms with E-state index in [1.165, 1.54) is 16.9 Å². The third-order valence-corrected chi connectivity index (χ3v) is 5.63. The number of hydrogen-bond acceptors (Lipinski definition) is 4. The van der Waals surface area contributed by atoms with Gasteiger partial charge < -0.3 is 4.98 Å². The minimum absolute atomic E-state index is 0.125. The van der Waals surface area contributed by atoms with Crippen LogP contribution in [0, 0.1) is 20.8 Å². The van der Waals surface area contributed by atoms with Crippen LogP contribution in [0.2, 0.25) is 0 Å². The summed E-state index contributed by atoms with van der Waals surface area (Å²) in [6, 6.07) is 4.16. The maximum Gasteiger partial charge on any atom is 0.274 e. The van der Waals surface area contributed by atoms with Crippen LogP contribution in [0.3, 0.4) is 0 Å². The number of Topliss-reactive ketones (excluding diaryl/α,β-unsaturated/α-hetero) is 1. The molecular weight excluding hydrogens is 334 g/mol. The molecule has 4 rings (SSSR count). The molecule has 0 radical (unpaired) electrons. The second-order valence-electron chi connectivity index (χ2n) is 6.66. The molecule has 2 heterocycles. The van der Waals surface area contributed by atoms with Gasteiger partial charge in [-0.25, -0.2) is 4.98 Å². The molecule has 0 aliphatic heterocycles. The highest BCUT2D eigenvalue weighted by Gasteiger charge is 2.26. The molecule has 0 spiro atoms. The van der Waals surface area contributed by atoms with Crippen molar-refractivity contribution in [3.05, 3.63) is 45.8 Å². The Kier molecular flexibility index (Phi) is 3.72.